The van der Waals surface area contributed by atoms with Gasteiger partial charge in [-0.25, -0.2) is 0 Å². The van der Waals surface area contributed by atoms with Crippen molar-refractivity contribution in [2.45, 2.75) is 18.5 Å². The Kier molecular flexibility index (Phi) is 4.04. The van der Waals surface area contributed by atoms with Crippen LogP contribution in [0, 0.1) is 0 Å². The molecule has 98 valence electrons. The first-order chi connectivity index (χ1) is 8.53. The lowest BCUT2D eigenvalue weighted by atomic mass is 9.98. The highest BCUT2D eigenvalue weighted by molar-refractivity contribution is 9.10. The molecule has 4 nitrogen and oxygen atoms in total. The third-order valence-electron chi connectivity index (χ3n) is 3.19. The Labute approximate surface area is 115 Å². The van der Waals surface area contributed by atoms with Crippen LogP contribution >= 0.6 is 15.9 Å². The molecular weight excluding hydrogens is 296 g/mol. The normalized spacial score (nSPS) is 23.1. The van der Waals surface area contributed by atoms with Crippen molar-refractivity contribution < 1.29 is 9.53 Å². The summed E-state index contributed by atoms with van der Waals surface area (Å²) in [5.74, 6) is -0.0595. The molecule has 0 saturated carbocycles. The van der Waals surface area contributed by atoms with E-state index < -0.39 is 5.54 Å². The van der Waals surface area contributed by atoms with Crippen LogP contribution in [0.5, 0.6) is 0 Å². The van der Waals surface area contributed by atoms with Gasteiger partial charge in [0, 0.05) is 24.7 Å². The number of amides is 1. The molecule has 2 N–H and O–H groups in total. The lowest BCUT2D eigenvalue weighted by Crippen LogP contribution is -2.54. The van der Waals surface area contributed by atoms with E-state index in [1.165, 1.54) is 0 Å². The van der Waals surface area contributed by atoms with Crippen LogP contribution in [-0.4, -0.2) is 36.6 Å². The van der Waals surface area contributed by atoms with Crippen LogP contribution in [0.4, 0.5) is 0 Å². The zero-order valence-electron chi connectivity index (χ0n) is 10.4. The number of halogens is 1. The van der Waals surface area contributed by atoms with E-state index in [-0.39, 0.29) is 5.91 Å². The van der Waals surface area contributed by atoms with Gasteiger partial charge in [0.15, 0.2) is 0 Å². The lowest BCUT2D eigenvalue weighted by Gasteiger charge is -2.27. The predicted molar refractivity (Wildman–Crippen MR) is 73.0 cm³/mol. The fourth-order valence-electron chi connectivity index (χ4n) is 2.08. The van der Waals surface area contributed by atoms with E-state index in [9.17, 15) is 4.79 Å². The second-order valence-electron chi connectivity index (χ2n) is 4.71. The summed E-state index contributed by atoms with van der Waals surface area (Å²) in [6, 6.07) is 7.85. The molecule has 1 aromatic carbocycles. The van der Waals surface area contributed by atoms with Crippen molar-refractivity contribution in [1.82, 2.24) is 4.90 Å². The molecule has 1 aliphatic rings. The van der Waals surface area contributed by atoms with Gasteiger partial charge in [0.25, 0.3) is 0 Å². The molecule has 0 spiro atoms. The molecule has 1 aliphatic heterocycles. The van der Waals surface area contributed by atoms with Crippen molar-refractivity contribution in [3.63, 3.8) is 0 Å². The predicted octanol–water partition coefficient (Wildman–Crippen LogP) is 1.53. The van der Waals surface area contributed by atoms with Crippen molar-refractivity contribution in [2.24, 2.45) is 5.73 Å². The number of hydrogen-bond donors (Lipinski definition) is 1. The highest BCUT2D eigenvalue weighted by Crippen LogP contribution is 2.21. The van der Waals surface area contributed by atoms with E-state index in [0.29, 0.717) is 26.2 Å². The van der Waals surface area contributed by atoms with E-state index in [1.54, 1.807) is 11.9 Å². The molecule has 0 radical (unpaired) electrons. The number of rotatable bonds is 3. The summed E-state index contributed by atoms with van der Waals surface area (Å²) in [6.45, 7) is 1.41. The highest BCUT2D eigenvalue weighted by atomic mass is 79.9. The molecule has 1 amide bonds. The summed E-state index contributed by atoms with van der Waals surface area (Å²) in [5.41, 5.74) is 6.28. The smallest absolute Gasteiger partial charge is 0.245 e. The maximum absolute atomic E-state index is 12.3. The second-order valence-corrected chi connectivity index (χ2v) is 5.57. The topological polar surface area (TPSA) is 55.6 Å². The number of hydrogen-bond acceptors (Lipinski definition) is 3. The van der Waals surface area contributed by atoms with Crippen LogP contribution in [0.1, 0.15) is 12.0 Å². The summed E-state index contributed by atoms with van der Waals surface area (Å²) in [5, 5.41) is 0. The van der Waals surface area contributed by atoms with Crippen molar-refractivity contribution >= 4 is 21.8 Å². The molecule has 1 aromatic rings. The summed E-state index contributed by atoms with van der Waals surface area (Å²) in [7, 11) is 1.77. The standard InChI is InChI=1S/C13H17BrN2O2/c1-16(8-10-4-2-3-5-11(10)14)12(17)13(15)6-7-18-9-13/h2-5H,6-9,15H2,1H3. The van der Waals surface area contributed by atoms with E-state index in [2.05, 4.69) is 15.9 Å². The first kappa shape index (κ1) is 13.5. The second kappa shape index (κ2) is 5.38. The van der Waals surface area contributed by atoms with Crippen LogP contribution in [0.15, 0.2) is 28.7 Å². The van der Waals surface area contributed by atoms with Gasteiger partial charge in [0.05, 0.1) is 6.61 Å². The maximum atomic E-state index is 12.3. The van der Waals surface area contributed by atoms with Crippen molar-refractivity contribution in [3.8, 4) is 0 Å². The van der Waals surface area contributed by atoms with E-state index in [0.717, 1.165) is 10.0 Å². The Hall–Kier alpha value is -0.910. The molecule has 18 heavy (non-hydrogen) atoms. The van der Waals surface area contributed by atoms with Crippen molar-refractivity contribution in [3.05, 3.63) is 34.3 Å². The Morgan fingerprint density at radius 3 is 2.89 bits per heavy atom. The van der Waals surface area contributed by atoms with Gasteiger partial charge in [-0.3, -0.25) is 4.79 Å². The minimum absolute atomic E-state index is 0.0595. The number of ether oxygens (including phenoxy) is 1. The SMILES string of the molecule is CN(Cc1ccccc1Br)C(=O)C1(N)CCOC1. The van der Waals surface area contributed by atoms with Crippen molar-refractivity contribution in [1.29, 1.82) is 0 Å². The maximum Gasteiger partial charge on any atom is 0.245 e. The molecule has 0 aliphatic carbocycles. The number of nitrogens with zero attached hydrogens (tertiary/aromatic N) is 1. The molecule has 1 fully saturated rings. The van der Waals surface area contributed by atoms with E-state index in [4.69, 9.17) is 10.5 Å². The molecular formula is C13H17BrN2O2. The van der Waals surface area contributed by atoms with Gasteiger partial charge in [-0.1, -0.05) is 34.1 Å². The van der Waals surface area contributed by atoms with Gasteiger partial charge in [-0.15, -0.1) is 0 Å². The van der Waals surface area contributed by atoms with E-state index >= 15 is 0 Å². The molecule has 1 unspecified atom stereocenters. The Morgan fingerprint density at radius 2 is 2.28 bits per heavy atom. The van der Waals surface area contributed by atoms with Crippen LogP contribution < -0.4 is 5.73 Å². The monoisotopic (exact) mass is 312 g/mol. The Morgan fingerprint density at radius 1 is 1.56 bits per heavy atom. The zero-order valence-corrected chi connectivity index (χ0v) is 11.9. The molecule has 0 aromatic heterocycles. The summed E-state index contributed by atoms with van der Waals surface area (Å²) >= 11 is 3.48. The Balaban J connectivity index is 2.06. The summed E-state index contributed by atoms with van der Waals surface area (Å²) in [6.07, 6.45) is 0.589. The molecule has 1 atom stereocenters. The van der Waals surface area contributed by atoms with Crippen LogP contribution in [-0.2, 0) is 16.1 Å². The van der Waals surface area contributed by atoms with Crippen LogP contribution in [0.2, 0.25) is 0 Å². The molecule has 0 bridgehead atoms. The molecule has 5 heteroatoms. The van der Waals surface area contributed by atoms with E-state index in [1.807, 2.05) is 24.3 Å². The number of carbonyl (C=O) groups is 1. The average molecular weight is 313 g/mol. The van der Waals surface area contributed by atoms with Gasteiger partial charge in [-0.05, 0) is 18.1 Å². The van der Waals surface area contributed by atoms with Gasteiger partial charge in [0.1, 0.15) is 5.54 Å². The van der Waals surface area contributed by atoms with Crippen LogP contribution in [0.25, 0.3) is 0 Å². The van der Waals surface area contributed by atoms with Gasteiger partial charge in [-0.2, -0.15) is 0 Å². The number of likely N-dealkylation sites (N-methyl/N-ethyl adjacent to an activating group) is 1. The average Bonchev–Trinajstić information content (AvgIpc) is 2.79. The first-order valence-electron chi connectivity index (χ1n) is 5.88. The molecule has 1 saturated heterocycles. The van der Waals surface area contributed by atoms with Gasteiger partial charge in [0.2, 0.25) is 5.91 Å². The minimum atomic E-state index is -0.851. The number of benzene rings is 1. The molecule has 1 heterocycles. The van der Waals surface area contributed by atoms with Crippen LogP contribution in [0.3, 0.4) is 0 Å². The Bertz CT molecular complexity index is 444. The zero-order chi connectivity index (χ0) is 13.2. The number of nitrogens with two attached hydrogens (primary N) is 1. The highest BCUT2D eigenvalue weighted by Gasteiger charge is 2.40. The van der Waals surface area contributed by atoms with Gasteiger partial charge >= 0.3 is 0 Å². The van der Waals surface area contributed by atoms with Gasteiger partial charge < -0.3 is 15.4 Å². The quantitative estimate of drug-likeness (QED) is 0.921. The largest absolute Gasteiger partial charge is 0.379 e. The third-order valence-corrected chi connectivity index (χ3v) is 3.96. The molecule has 2 rings (SSSR count). The summed E-state index contributed by atoms with van der Waals surface area (Å²) < 4.78 is 6.22. The summed E-state index contributed by atoms with van der Waals surface area (Å²) in [4.78, 5) is 13.9. The minimum Gasteiger partial charge on any atom is -0.379 e. The fraction of sp³-hybridized carbons (Fsp3) is 0.462. The number of carbonyl (C=O) groups excluding carboxylic acids is 1. The van der Waals surface area contributed by atoms with Crippen molar-refractivity contribution in [2.75, 3.05) is 20.3 Å². The lowest BCUT2D eigenvalue weighted by molar-refractivity contribution is -0.136. The third kappa shape index (κ3) is 2.74. The first-order valence-corrected chi connectivity index (χ1v) is 6.68. The fourth-order valence-corrected chi connectivity index (χ4v) is 2.49.